The zero-order valence-corrected chi connectivity index (χ0v) is 26.6. The molecule has 0 aliphatic heterocycles. The van der Waals surface area contributed by atoms with Crippen LogP contribution < -0.4 is 22.1 Å². The molecule has 0 spiro atoms. The molecule has 0 radical (unpaired) electrons. The van der Waals surface area contributed by atoms with Crippen molar-refractivity contribution in [3.63, 3.8) is 0 Å². The molecule has 0 fully saturated rings. The van der Waals surface area contributed by atoms with E-state index in [4.69, 9.17) is 37.6 Å². The number of carbonyl (C=O) groups is 4. The van der Waals surface area contributed by atoms with Crippen molar-refractivity contribution < 1.29 is 39.6 Å². The lowest BCUT2D eigenvalue weighted by atomic mass is 10.1. The summed E-state index contributed by atoms with van der Waals surface area (Å²) in [6.07, 6.45) is 1.10. The first kappa shape index (κ1) is 41.4. The van der Waals surface area contributed by atoms with Crippen LogP contribution in [-0.2, 0) is 19.2 Å². The zero-order chi connectivity index (χ0) is 34.0. The topological polar surface area (TPSA) is 230 Å². The number of rotatable bonds is 11. The molecule has 0 bridgehead atoms. The maximum absolute atomic E-state index is 11.0. The van der Waals surface area contributed by atoms with Crippen molar-refractivity contribution >= 4 is 40.3 Å². The van der Waals surface area contributed by atoms with Gasteiger partial charge in [0.15, 0.2) is 0 Å². The van der Waals surface area contributed by atoms with Crippen molar-refractivity contribution in [3.8, 4) is 0 Å². The molecule has 0 saturated carbocycles. The van der Waals surface area contributed by atoms with Crippen LogP contribution in [0.15, 0.2) is 42.5 Å². The molecule has 2 rings (SSSR count). The highest BCUT2D eigenvalue weighted by Gasteiger charge is 2.18. The van der Waals surface area contributed by atoms with E-state index in [-0.39, 0.29) is 5.92 Å². The molecule has 0 aliphatic rings. The van der Waals surface area contributed by atoms with Crippen molar-refractivity contribution in [2.24, 2.45) is 35.0 Å². The van der Waals surface area contributed by atoms with Gasteiger partial charge in [0.1, 0.15) is 24.2 Å². The highest BCUT2D eigenvalue weighted by Crippen LogP contribution is 2.27. The minimum atomic E-state index is -0.931. The van der Waals surface area contributed by atoms with Gasteiger partial charge in [0.25, 0.3) is 0 Å². The fourth-order valence-corrected chi connectivity index (χ4v) is 3.39. The van der Waals surface area contributed by atoms with Crippen molar-refractivity contribution in [1.29, 1.82) is 0 Å². The van der Waals surface area contributed by atoms with Gasteiger partial charge >= 0.3 is 23.9 Å². The van der Waals surface area contributed by atoms with E-state index in [9.17, 15) is 19.2 Å². The van der Waals surface area contributed by atoms with E-state index in [2.05, 4.69) is 0 Å². The van der Waals surface area contributed by atoms with Crippen molar-refractivity contribution in [2.75, 3.05) is 11.9 Å². The Morgan fingerprint density at radius 1 is 0.651 bits per heavy atom. The lowest BCUT2D eigenvalue weighted by Gasteiger charge is -2.25. The average molecular weight is 609 g/mol. The van der Waals surface area contributed by atoms with Gasteiger partial charge in [0.05, 0.1) is 0 Å². The molecule has 0 aromatic heterocycles. The minimum absolute atomic E-state index is 0.0208. The summed E-state index contributed by atoms with van der Waals surface area (Å²) < 4.78 is 0. The van der Waals surface area contributed by atoms with E-state index < -0.39 is 48.0 Å². The molecule has 43 heavy (non-hydrogen) atoms. The molecular weight excluding hydrogens is 556 g/mol. The number of anilines is 1. The van der Waals surface area contributed by atoms with Crippen LogP contribution in [0.2, 0.25) is 0 Å². The van der Waals surface area contributed by atoms with E-state index in [0.717, 1.165) is 16.5 Å². The Morgan fingerprint density at radius 3 is 1.37 bits per heavy atom. The van der Waals surface area contributed by atoms with Crippen LogP contribution in [0.4, 0.5) is 5.69 Å². The van der Waals surface area contributed by atoms with E-state index in [1.54, 1.807) is 32.7 Å². The van der Waals surface area contributed by atoms with Gasteiger partial charge in [0, 0.05) is 18.1 Å². The maximum atomic E-state index is 11.0. The fraction of sp³-hybridized carbons (Fsp3) is 0.548. The summed E-state index contributed by atoms with van der Waals surface area (Å²) in [7, 11) is 1.81. The van der Waals surface area contributed by atoms with E-state index in [0.29, 0.717) is 24.7 Å². The molecule has 10 N–H and O–H groups in total. The Balaban J connectivity index is 0. The maximum Gasteiger partial charge on any atom is 0.326 e. The summed E-state index contributed by atoms with van der Waals surface area (Å²) in [6.45, 7) is 13.0. The summed E-state index contributed by atoms with van der Waals surface area (Å²) in [5, 5.41) is 36.1. The van der Waals surface area contributed by atoms with Crippen molar-refractivity contribution in [3.05, 3.63) is 42.5 Å². The second kappa shape index (κ2) is 21.0. The number of hydrogen-bond acceptors (Lipinski definition) is 8. The number of carboxylic acids is 4. The highest BCUT2D eigenvalue weighted by molar-refractivity contribution is 5.95. The normalized spacial score (nSPS) is 13.3. The average Bonchev–Trinajstić information content (AvgIpc) is 2.91. The second-order valence-electron chi connectivity index (χ2n) is 11.4. The lowest BCUT2D eigenvalue weighted by molar-refractivity contribution is -0.140. The van der Waals surface area contributed by atoms with Crippen LogP contribution >= 0.6 is 0 Å². The van der Waals surface area contributed by atoms with Crippen LogP contribution in [-0.4, -0.2) is 75.5 Å². The first-order valence-electron chi connectivity index (χ1n) is 14.1. The van der Waals surface area contributed by atoms with Gasteiger partial charge < -0.3 is 42.5 Å². The molecule has 0 heterocycles. The molecule has 4 atom stereocenters. The van der Waals surface area contributed by atoms with Crippen LogP contribution in [0.1, 0.15) is 61.3 Å². The standard InChI is InChI=1S/C14H15NO2.2C6H13NO2.C5H11NO2/c1-10(14(16)17)15(2)13-9-5-7-11-6-3-4-8-12(11)13;2*1-4(2)3-5(7)6(8)9;1-3(2)4(6)5(7)8/h3-10H,1-2H3,(H,16,17);2*4-5H,3,7H2,1-2H3,(H,8,9);3-4H,6H2,1-2H3,(H,7,8). The smallest absolute Gasteiger partial charge is 0.326 e. The van der Waals surface area contributed by atoms with Crippen LogP contribution in [0.25, 0.3) is 10.8 Å². The van der Waals surface area contributed by atoms with Crippen molar-refractivity contribution in [1.82, 2.24) is 0 Å². The van der Waals surface area contributed by atoms with Crippen LogP contribution in [0.3, 0.4) is 0 Å². The Kier molecular flexibility index (Phi) is 20.2. The number of carboxylic acid groups (broad SMARTS) is 4. The number of likely N-dealkylation sites (N-methyl/N-ethyl adjacent to an activating group) is 1. The van der Waals surface area contributed by atoms with E-state index >= 15 is 0 Å². The molecule has 4 unspecified atom stereocenters. The lowest BCUT2D eigenvalue weighted by Crippen LogP contribution is -2.35. The van der Waals surface area contributed by atoms with Gasteiger partial charge in [0.2, 0.25) is 0 Å². The van der Waals surface area contributed by atoms with Gasteiger partial charge in [-0.05, 0) is 49.0 Å². The van der Waals surface area contributed by atoms with Gasteiger partial charge in [-0.3, -0.25) is 14.4 Å². The summed E-state index contributed by atoms with van der Waals surface area (Å²) in [5.41, 5.74) is 16.5. The molecule has 2 aromatic carbocycles. The monoisotopic (exact) mass is 608 g/mol. The first-order valence-corrected chi connectivity index (χ1v) is 14.1. The molecule has 2 aromatic rings. The van der Waals surface area contributed by atoms with E-state index in [1.165, 1.54) is 0 Å². The summed E-state index contributed by atoms with van der Waals surface area (Å²) in [5.74, 6) is -2.84. The van der Waals surface area contributed by atoms with Gasteiger partial charge in [-0.25, -0.2) is 4.79 Å². The largest absolute Gasteiger partial charge is 0.480 e. The Hall–Kier alpha value is -3.74. The third kappa shape index (κ3) is 17.7. The number of benzene rings is 2. The number of aliphatic carboxylic acids is 4. The second-order valence-corrected chi connectivity index (χ2v) is 11.4. The number of nitrogens with two attached hydrogens (primary N) is 3. The number of fused-ring (bicyclic) bond motifs is 1. The SMILES string of the molecule is CC(C(=O)O)N(C)c1cccc2ccccc12.CC(C)C(N)C(=O)O.CC(C)CC(N)C(=O)O.CC(C)CC(N)C(=O)O. The van der Waals surface area contributed by atoms with Crippen LogP contribution in [0, 0.1) is 17.8 Å². The number of hydrogen-bond donors (Lipinski definition) is 7. The molecular formula is C31H52N4O8. The number of nitrogens with zero attached hydrogens (tertiary/aromatic N) is 1. The van der Waals surface area contributed by atoms with Gasteiger partial charge in [-0.1, -0.05) is 77.9 Å². The summed E-state index contributed by atoms with van der Waals surface area (Å²) >= 11 is 0. The summed E-state index contributed by atoms with van der Waals surface area (Å²) in [6, 6.07) is 11.3. The Morgan fingerprint density at radius 2 is 1.07 bits per heavy atom. The van der Waals surface area contributed by atoms with E-state index in [1.807, 2.05) is 70.2 Å². The van der Waals surface area contributed by atoms with Gasteiger partial charge in [-0.15, -0.1) is 0 Å². The fourth-order valence-electron chi connectivity index (χ4n) is 3.39. The van der Waals surface area contributed by atoms with Gasteiger partial charge in [-0.2, -0.15) is 0 Å². The molecule has 12 nitrogen and oxygen atoms in total. The Labute approximate surface area is 254 Å². The van der Waals surface area contributed by atoms with Crippen LogP contribution in [0.5, 0.6) is 0 Å². The molecule has 0 amide bonds. The third-order valence-corrected chi connectivity index (χ3v) is 6.17. The first-order chi connectivity index (χ1) is 19.7. The molecule has 244 valence electrons. The zero-order valence-electron chi connectivity index (χ0n) is 26.6. The predicted octanol–water partition coefficient (Wildman–Crippen LogP) is 3.69. The summed E-state index contributed by atoms with van der Waals surface area (Å²) in [4.78, 5) is 43.0. The highest BCUT2D eigenvalue weighted by atomic mass is 16.4. The quantitative estimate of drug-likeness (QED) is 0.194. The Bertz CT molecular complexity index is 1110. The molecule has 0 saturated heterocycles. The van der Waals surface area contributed by atoms with Crippen molar-refractivity contribution in [2.45, 2.75) is 85.5 Å². The molecule has 0 aliphatic carbocycles. The minimum Gasteiger partial charge on any atom is -0.480 e. The predicted molar refractivity (Wildman–Crippen MR) is 170 cm³/mol. The molecule has 12 heteroatoms. The third-order valence-electron chi connectivity index (χ3n) is 6.17.